The SMILES string of the molecule is CC(C)c1cc(Cl)c2[nH]c(=O)ccc2c1. The summed E-state index contributed by atoms with van der Waals surface area (Å²) in [6.45, 7) is 4.23. The first kappa shape index (κ1) is 10.2. The molecule has 78 valence electrons. The third-order valence-corrected chi connectivity index (χ3v) is 2.77. The molecule has 0 unspecified atom stereocenters. The first-order chi connectivity index (χ1) is 7.08. The van der Waals surface area contributed by atoms with Gasteiger partial charge in [0.2, 0.25) is 5.56 Å². The van der Waals surface area contributed by atoms with E-state index >= 15 is 0 Å². The number of fused-ring (bicyclic) bond motifs is 1. The highest BCUT2D eigenvalue weighted by Gasteiger charge is 2.05. The fourth-order valence-corrected chi connectivity index (χ4v) is 1.86. The van der Waals surface area contributed by atoms with Crippen LogP contribution in [0.25, 0.3) is 10.9 Å². The van der Waals surface area contributed by atoms with E-state index < -0.39 is 0 Å². The van der Waals surface area contributed by atoms with Crippen molar-refractivity contribution in [1.29, 1.82) is 0 Å². The van der Waals surface area contributed by atoms with Crippen LogP contribution in [0.15, 0.2) is 29.1 Å². The highest BCUT2D eigenvalue weighted by molar-refractivity contribution is 6.35. The Labute approximate surface area is 92.9 Å². The zero-order valence-electron chi connectivity index (χ0n) is 8.67. The van der Waals surface area contributed by atoms with Crippen LogP contribution in [0.4, 0.5) is 0 Å². The number of pyridine rings is 1. The second kappa shape index (κ2) is 3.70. The smallest absolute Gasteiger partial charge is 0.248 e. The Morgan fingerprint density at radius 1 is 1.27 bits per heavy atom. The number of halogens is 1. The fourth-order valence-electron chi connectivity index (χ4n) is 1.58. The van der Waals surface area contributed by atoms with Gasteiger partial charge in [-0.05, 0) is 29.7 Å². The molecule has 1 aromatic carbocycles. The second-order valence-electron chi connectivity index (χ2n) is 3.94. The minimum atomic E-state index is -0.123. The minimum absolute atomic E-state index is 0.123. The third-order valence-electron chi connectivity index (χ3n) is 2.47. The van der Waals surface area contributed by atoms with Gasteiger partial charge in [0.1, 0.15) is 0 Å². The van der Waals surface area contributed by atoms with Gasteiger partial charge in [0.25, 0.3) is 0 Å². The molecular formula is C12H12ClNO. The highest BCUT2D eigenvalue weighted by atomic mass is 35.5. The standard InChI is InChI=1S/C12H12ClNO/c1-7(2)9-5-8-3-4-11(15)14-12(8)10(13)6-9/h3-7H,1-2H3,(H,14,15). The van der Waals surface area contributed by atoms with Gasteiger partial charge >= 0.3 is 0 Å². The summed E-state index contributed by atoms with van der Waals surface area (Å²) in [5.74, 6) is 0.429. The van der Waals surface area contributed by atoms with Gasteiger partial charge in [-0.15, -0.1) is 0 Å². The van der Waals surface area contributed by atoms with Gasteiger partial charge in [-0.2, -0.15) is 0 Å². The molecular weight excluding hydrogens is 210 g/mol. The first-order valence-corrected chi connectivity index (χ1v) is 5.28. The van der Waals surface area contributed by atoms with Crippen molar-refractivity contribution in [2.45, 2.75) is 19.8 Å². The average Bonchev–Trinajstić information content (AvgIpc) is 2.18. The molecule has 0 aliphatic carbocycles. The molecule has 0 aliphatic heterocycles. The van der Waals surface area contributed by atoms with Crippen molar-refractivity contribution in [3.05, 3.63) is 45.2 Å². The minimum Gasteiger partial charge on any atom is -0.321 e. The number of aromatic nitrogens is 1. The van der Waals surface area contributed by atoms with Gasteiger partial charge in [0.05, 0.1) is 10.5 Å². The molecule has 0 bridgehead atoms. The molecule has 0 saturated carbocycles. The molecule has 2 nitrogen and oxygen atoms in total. The molecule has 1 heterocycles. The fraction of sp³-hybridized carbons (Fsp3) is 0.250. The lowest BCUT2D eigenvalue weighted by Crippen LogP contribution is -2.03. The Bertz CT molecular complexity index is 557. The molecule has 1 N–H and O–H groups in total. The summed E-state index contributed by atoms with van der Waals surface area (Å²) in [7, 11) is 0. The van der Waals surface area contributed by atoms with E-state index in [4.69, 9.17) is 11.6 Å². The van der Waals surface area contributed by atoms with Crippen molar-refractivity contribution in [3.8, 4) is 0 Å². The van der Waals surface area contributed by atoms with Crippen molar-refractivity contribution in [2.24, 2.45) is 0 Å². The lowest BCUT2D eigenvalue weighted by atomic mass is 10.0. The van der Waals surface area contributed by atoms with Crippen molar-refractivity contribution < 1.29 is 0 Å². The number of nitrogens with one attached hydrogen (secondary N) is 1. The summed E-state index contributed by atoms with van der Waals surface area (Å²) in [6, 6.07) is 7.28. The number of hydrogen-bond acceptors (Lipinski definition) is 1. The van der Waals surface area contributed by atoms with E-state index in [2.05, 4.69) is 24.9 Å². The number of H-pyrrole nitrogens is 1. The Morgan fingerprint density at radius 2 is 2.00 bits per heavy atom. The molecule has 0 aliphatic rings. The van der Waals surface area contributed by atoms with E-state index in [0.717, 1.165) is 5.39 Å². The molecule has 0 spiro atoms. The van der Waals surface area contributed by atoms with Crippen LogP contribution in [0.1, 0.15) is 25.3 Å². The summed E-state index contributed by atoms with van der Waals surface area (Å²) in [6.07, 6.45) is 0. The molecule has 1 aromatic heterocycles. The second-order valence-corrected chi connectivity index (χ2v) is 4.35. The van der Waals surface area contributed by atoms with Crippen LogP contribution in [-0.4, -0.2) is 4.98 Å². The van der Waals surface area contributed by atoms with Gasteiger partial charge in [0.15, 0.2) is 0 Å². The van der Waals surface area contributed by atoms with E-state index in [9.17, 15) is 4.79 Å². The predicted molar refractivity (Wildman–Crippen MR) is 63.7 cm³/mol. The summed E-state index contributed by atoms with van der Waals surface area (Å²) >= 11 is 6.11. The predicted octanol–water partition coefficient (Wildman–Crippen LogP) is 3.30. The van der Waals surface area contributed by atoms with Gasteiger partial charge in [-0.1, -0.05) is 25.4 Å². The van der Waals surface area contributed by atoms with Crippen molar-refractivity contribution in [1.82, 2.24) is 4.98 Å². The van der Waals surface area contributed by atoms with Crippen molar-refractivity contribution in [2.75, 3.05) is 0 Å². The Kier molecular flexibility index (Phi) is 2.53. The summed E-state index contributed by atoms with van der Waals surface area (Å²) in [5.41, 5.74) is 1.77. The Hall–Kier alpha value is -1.28. The van der Waals surface area contributed by atoms with E-state index in [1.807, 2.05) is 6.07 Å². The maximum atomic E-state index is 11.1. The molecule has 3 heteroatoms. The number of benzene rings is 1. The largest absolute Gasteiger partial charge is 0.321 e. The van der Waals surface area contributed by atoms with Crippen LogP contribution < -0.4 is 5.56 Å². The van der Waals surface area contributed by atoms with E-state index in [-0.39, 0.29) is 5.56 Å². The average molecular weight is 222 g/mol. The topological polar surface area (TPSA) is 32.9 Å². The van der Waals surface area contributed by atoms with Crippen LogP contribution in [0.3, 0.4) is 0 Å². The third kappa shape index (κ3) is 1.90. The monoisotopic (exact) mass is 221 g/mol. The summed E-state index contributed by atoms with van der Waals surface area (Å²) in [4.78, 5) is 13.9. The molecule has 15 heavy (non-hydrogen) atoms. The van der Waals surface area contributed by atoms with Crippen LogP contribution in [0, 0.1) is 0 Å². The van der Waals surface area contributed by atoms with Gasteiger partial charge in [-0.25, -0.2) is 0 Å². The molecule has 0 saturated heterocycles. The Morgan fingerprint density at radius 3 is 2.67 bits per heavy atom. The lowest BCUT2D eigenvalue weighted by Gasteiger charge is -2.08. The number of aromatic amines is 1. The molecule has 0 fully saturated rings. The zero-order valence-corrected chi connectivity index (χ0v) is 9.43. The molecule has 2 rings (SSSR count). The zero-order chi connectivity index (χ0) is 11.0. The number of hydrogen-bond donors (Lipinski definition) is 1. The van der Waals surface area contributed by atoms with Crippen LogP contribution in [-0.2, 0) is 0 Å². The molecule has 2 aromatic rings. The van der Waals surface area contributed by atoms with Crippen molar-refractivity contribution in [3.63, 3.8) is 0 Å². The summed E-state index contributed by atoms with van der Waals surface area (Å²) in [5, 5.41) is 1.58. The molecule has 0 radical (unpaired) electrons. The first-order valence-electron chi connectivity index (χ1n) is 4.90. The van der Waals surface area contributed by atoms with E-state index in [1.54, 1.807) is 6.07 Å². The van der Waals surface area contributed by atoms with Crippen LogP contribution in [0.5, 0.6) is 0 Å². The van der Waals surface area contributed by atoms with E-state index in [1.165, 1.54) is 11.6 Å². The van der Waals surface area contributed by atoms with Crippen molar-refractivity contribution >= 4 is 22.5 Å². The summed E-state index contributed by atoms with van der Waals surface area (Å²) < 4.78 is 0. The lowest BCUT2D eigenvalue weighted by molar-refractivity contribution is 0.868. The van der Waals surface area contributed by atoms with Gasteiger partial charge in [-0.3, -0.25) is 4.79 Å². The van der Waals surface area contributed by atoms with E-state index in [0.29, 0.717) is 16.5 Å². The van der Waals surface area contributed by atoms with Crippen LogP contribution >= 0.6 is 11.6 Å². The van der Waals surface area contributed by atoms with Gasteiger partial charge in [0, 0.05) is 11.5 Å². The maximum Gasteiger partial charge on any atom is 0.248 e. The number of rotatable bonds is 1. The molecule has 0 atom stereocenters. The highest BCUT2D eigenvalue weighted by Crippen LogP contribution is 2.26. The van der Waals surface area contributed by atoms with Crippen LogP contribution in [0.2, 0.25) is 5.02 Å². The normalized spacial score (nSPS) is 11.2. The van der Waals surface area contributed by atoms with Gasteiger partial charge < -0.3 is 4.98 Å². The maximum absolute atomic E-state index is 11.1. The molecule has 0 amide bonds. The quantitative estimate of drug-likeness (QED) is 0.788. The Balaban J connectivity index is 2.78.